The zero-order valence-electron chi connectivity index (χ0n) is 14.0. The van der Waals surface area contributed by atoms with Crippen LogP contribution >= 0.6 is 11.5 Å². The van der Waals surface area contributed by atoms with E-state index in [1.165, 1.54) is 6.42 Å². The molecule has 1 aromatic carbocycles. The van der Waals surface area contributed by atoms with Crippen LogP contribution in [0.5, 0.6) is 0 Å². The van der Waals surface area contributed by atoms with E-state index in [4.69, 9.17) is 0 Å². The Morgan fingerprint density at radius 3 is 2.52 bits per heavy atom. The molecule has 0 saturated heterocycles. The lowest BCUT2D eigenvalue weighted by molar-refractivity contribution is 0.0923. The van der Waals surface area contributed by atoms with Gasteiger partial charge in [0.15, 0.2) is 10.7 Å². The molecule has 1 aromatic heterocycles. The molecule has 7 nitrogen and oxygen atoms in total. The number of amides is 3. The van der Waals surface area contributed by atoms with E-state index < -0.39 is 6.03 Å². The number of hydrogen-bond donors (Lipinski definition) is 3. The molecule has 3 N–H and O–H groups in total. The van der Waals surface area contributed by atoms with Crippen LogP contribution in [-0.2, 0) is 0 Å². The van der Waals surface area contributed by atoms with Gasteiger partial charge < -0.3 is 10.6 Å². The van der Waals surface area contributed by atoms with E-state index >= 15 is 0 Å². The molecule has 3 rings (SSSR count). The predicted molar refractivity (Wildman–Crippen MR) is 98.1 cm³/mol. The van der Waals surface area contributed by atoms with Gasteiger partial charge in [-0.1, -0.05) is 41.4 Å². The highest BCUT2D eigenvalue weighted by Gasteiger charge is 2.22. The van der Waals surface area contributed by atoms with Gasteiger partial charge in [0.25, 0.3) is 5.91 Å². The summed E-state index contributed by atoms with van der Waals surface area (Å²) in [7, 11) is 0. The molecule has 8 heteroatoms. The number of aryl methyl sites for hydroxylation is 1. The molecule has 0 bridgehead atoms. The summed E-state index contributed by atoms with van der Waals surface area (Å²) in [5.41, 5.74) is 1.95. The van der Waals surface area contributed by atoms with Gasteiger partial charge >= 0.3 is 6.03 Å². The number of urea groups is 1. The third-order valence-corrected chi connectivity index (χ3v) is 4.82. The molecule has 0 unspecified atom stereocenters. The van der Waals surface area contributed by atoms with E-state index in [2.05, 4.69) is 25.5 Å². The first-order valence-corrected chi connectivity index (χ1v) is 9.17. The van der Waals surface area contributed by atoms with Crippen molar-refractivity contribution in [2.45, 2.75) is 45.1 Å². The van der Waals surface area contributed by atoms with Gasteiger partial charge in [0, 0.05) is 23.3 Å². The second kappa shape index (κ2) is 8.06. The van der Waals surface area contributed by atoms with E-state index in [1.54, 1.807) is 0 Å². The topological polar surface area (TPSA) is 96.0 Å². The minimum absolute atomic E-state index is 0.162. The number of carbonyl (C=O) groups excluding carboxylic acids is 2. The van der Waals surface area contributed by atoms with Crippen molar-refractivity contribution in [2.24, 2.45) is 0 Å². The largest absolute Gasteiger partial charge is 0.348 e. The van der Waals surface area contributed by atoms with Crippen LogP contribution in [0.4, 0.5) is 15.5 Å². The Kier molecular flexibility index (Phi) is 5.60. The van der Waals surface area contributed by atoms with Gasteiger partial charge in [-0.2, -0.15) is 0 Å². The summed E-state index contributed by atoms with van der Waals surface area (Å²) in [5, 5.41) is 12.6. The van der Waals surface area contributed by atoms with E-state index in [-0.39, 0.29) is 17.6 Å². The first-order chi connectivity index (χ1) is 12.1. The minimum atomic E-state index is -0.429. The molecule has 132 valence electrons. The van der Waals surface area contributed by atoms with Gasteiger partial charge in [0.05, 0.1) is 0 Å². The molecule has 0 atom stereocenters. The standard InChI is InChI=1S/C17H21N5O2S/c1-11-7-9-13(10-8-11)19-17(24)20-16-14(21-22-25-16)15(23)18-12-5-3-2-4-6-12/h7-10,12H,2-6H2,1H3,(H,18,23)(H2,19,20,24). The van der Waals surface area contributed by atoms with E-state index in [0.717, 1.165) is 42.8 Å². The number of nitrogens with one attached hydrogen (secondary N) is 3. The second-order valence-corrected chi connectivity index (χ2v) is 6.96. The van der Waals surface area contributed by atoms with Crippen LogP contribution in [0.25, 0.3) is 0 Å². The molecule has 0 radical (unpaired) electrons. The fourth-order valence-electron chi connectivity index (χ4n) is 2.82. The van der Waals surface area contributed by atoms with Crippen LogP contribution < -0.4 is 16.0 Å². The van der Waals surface area contributed by atoms with Crippen molar-refractivity contribution in [1.29, 1.82) is 0 Å². The highest BCUT2D eigenvalue weighted by molar-refractivity contribution is 7.10. The van der Waals surface area contributed by atoms with Crippen LogP contribution in [-0.4, -0.2) is 27.6 Å². The fraction of sp³-hybridized carbons (Fsp3) is 0.412. The maximum absolute atomic E-state index is 12.4. The number of benzene rings is 1. The molecule has 0 aliphatic heterocycles. The molecule has 2 aromatic rings. The van der Waals surface area contributed by atoms with Crippen molar-refractivity contribution in [2.75, 3.05) is 10.6 Å². The highest BCUT2D eigenvalue weighted by atomic mass is 32.1. The number of hydrogen-bond acceptors (Lipinski definition) is 5. The number of rotatable bonds is 4. The first-order valence-electron chi connectivity index (χ1n) is 8.40. The van der Waals surface area contributed by atoms with Crippen molar-refractivity contribution in [3.8, 4) is 0 Å². The summed E-state index contributed by atoms with van der Waals surface area (Å²) in [6.45, 7) is 1.98. The predicted octanol–water partition coefficient (Wildman–Crippen LogP) is 3.55. The summed E-state index contributed by atoms with van der Waals surface area (Å²) < 4.78 is 3.80. The van der Waals surface area contributed by atoms with Gasteiger partial charge in [-0.05, 0) is 31.9 Å². The Bertz CT molecular complexity index is 738. The van der Waals surface area contributed by atoms with Crippen molar-refractivity contribution in [3.05, 3.63) is 35.5 Å². The van der Waals surface area contributed by atoms with Crippen LogP contribution in [0.1, 0.15) is 48.2 Å². The first kappa shape index (κ1) is 17.3. The SMILES string of the molecule is Cc1ccc(NC(=O)Nc2snnc2C(=O)NC2CCCCC2)cc1. The van der Waals surface area contributed by atoms with E-state index in [1.807, 2.05) is 31.2 Å². The highest BCUT2D eigenvalue weighted by Crippen LogP contribution is 2.21. The fourth-order valence-corrected chi connectivity index (χ4v) is 3.39. The second-order valence-electron chi connectivity index (χ2n) is 6.20. The zero-order chi connectivity index (χ0) is 17.6. The monoisotopic (exact) mass is 359 g/mol. The van der Waals surface area contributed by atoms with Crippen molar-refractivity contribution < 1.29 is 9.59 Å². The molecule has 1 aliphatic rings. The van der Waals surface area contributed by atoms with Crippen molar-refractivity contribution in [3.63, 3.8) is 0 Å². The summed E-state index contributed by atoms with van der Waals surface area (Å²) in [4.78, 5) is 24.5. The third-order valence-electron chi connectivity index (χ3n) is 4.18. The van der Waals surface area contributed by atoms with Gasteiger partial charge in [-0.3, -0.25) is 10.1 Å². The smallest absolute Gasteiger partial charge is 0.324 e. The Morgan fingerprint density at radius 2 is 1.80 bits per heavy atom. The molecule has 1 heterocycles. The lowest BCUT2D eigenvalue weighted by Gasteiger charge is -2.22. The van der Waals surface area contributed by atoms with E-state index in [9.17, 15) is 9.59 Å². The summed E-state index contributed by atoms with van der Waals surface area (Å²) >= 11 is 0.987. The zero-order valence-corrected chi connectivity index (χ0v) is 14.9. The van der Waals surface area contributed by atoms with Crippen LogP contribution in [0.15, 0.2) is 24.3 Å². The summed E-state index contributed by atoms with van der Waals surface area (Å²) in [5.74, 6) is -0.286. The number of anilines is 2. The minimum Gasteiger partial charge on any atom is -0.348 e. The lowest BCUT2D eigenvalue weighted by Crippen LogP contribution is -2.36. The Balaban J connectivity index is 1.59. The molecule has 1 saturated carbocycles. The Hall–Kier alpha value is -2.48. The normalized spacial score (nSPS) is 14.8. The molecule has 0 spiro atoms. The van der Waals surface area contributed by atoms with Crippen molar-refractivity contribution >= 4 is 34.2 Å². The summed E-state index contributed by atoms with van der Waals surface area (Å²) in [6, 6.07) is 7.20. The lowest BCUT2D eigenvalue weighted by atomic mass is 9.95. The van der Waals surface area contributed by atoms with Gasteiger partial charge in [0.1, 0.15) is 0 Å². The summed E-state index contributed by atoms with van der Waals surface area (Å²) in [6.07, 6.45) is 5.45. The van der Waals surface area contributed by atoms with Crippen LogP contribution in [0, 0.1) is 6.92 Å². The Morgan fingerprint density at radius 1 is 1.08 bits per heavy atom. The molecule has 3 amide bonds. The molecular formula is C17H21N5O2S. The average molecular weight is 359 g/mol. The van der Waals surface area contributed by atoms with Crippen molar-refractivity contribution in [1.82, 2.24) is 14.9 Å². The van der Waals surface area contributed by atoms with E-state index in [0.29, 0.717) is 10.7 Å². The maximum atomic E-state index is 12.4. The molecule has 1 aliphatic carbocycles. The molecule has 1 fully saturated rings. The molecular weight excluding hydrogens is 338 g/mol. The van der Waals surface area contributed by atoms with Gasteiger partial charge in [-0.25, -0.2) is 4.79 Å². The number of carbonyl (C=O) groups is 2. The average Bonchev–Trinajstić information content (AvgIpc) is 3.06. The Labute approximate surface area is 150 Å². The van der Waals surface area contributed by atoms with Crippen LogP contribution in [0.3, 0.4) is 0 Å². The number of aromatic nitrogens is 2. The third kappa shape index (κ3) is 4.76. The van der Waals surface area contributed by atoms with Gasteiger partial charge in [-0.15, -0.1) is 5.10 Å². The maximum Gasteiger partial charge on any atom is 0.324 e. The van der Waals surface area contributed by atoms with Gasteiger partial charge in [0.2, 0.25) is 0 Å². The molecule has 25 heavy (non-hydrogen) atoms. The number of nitrogens with zero attached hydrogens (tertiary/aromatic N) is 2. The van der Waals surface area contributed by atoms with Crippen LogP contribution in [0.2, 0.25) is 0 Å². The quantitative estimate of drug-likeness (QED) is 0.778.